The standard InChI is InChI=1S/C11H15N3O2S/c12-11(17)14-13-5-7-6-16-9-4-2-1-3-8(9)10(7)15/h5-6,8-9H,1-4H2,(H3,12,14,17). The van der Waals surface area contributed by atoms with Crippen LogP contribution in [0.1, 0.15) is 25.7 Å². The molecule has 1 saturated carbocycles. The molecule has 17 heavy (non-hydrogen) atoms. The van der Waals surface area contributed by atoms with E-state index >= 15 is 0 Å². The number of rotatable bonds is 2. The second-order valence-corrected chi connectivity index (χ2v) is 4.68. The number of nitrogens with one attached hydrogen (secondary N) is 1. The van der Waals surface area contributed by atoms with E-state index in [0.717, 1.165) is 25.7 Å². The molecule has 0 aromatic heterocycles. The third-order valence-electron chi connectivity index (χ3n) is 3.07. The van der Waals surface area contributed by atoms with Gasteiger partial charge in [-0.05, 0) is 31.5 Å². The molecule has 0 spiro atoms. The van der Waals surface area contributed by atoms with Crippen LogP contribution in [0.4, 0.5) is 0 Å². The Kier molecular flexibility index (Phi) is 3.73. The fourth-order valence-electron chi connectivity index (χ4n) is 2.25. The Labute approximate surface area is 105 Å². The van der Waals surface area contributed by atoms with Gasteiger partial charge in [0.15, 0.2) is 10.9 Å². The maximum absolute atomic E-state index is 12.1. The van der Waals surface area contributed by atoms with Crippen LogP contribution >= 0.6 is 12.2 Å². The van der Waals surface area contributed by atoms with E-state index < -0.39 is 0 Å². The molecule has 1 aliphatic heterocycles. The van der Waals surface area contributed by atoms with Crippen molar-refractivity contribution >= 4 is 29.3 Å². The van der Waals surface area contributed by atoms with Gasteiger partial charge < -0.3 is 10.5 Å². The summed E-state index contributed by atoms with van der Waals surface area (Å²) in [6.45, 7) is 0. The molecular formula is C11H15N3O2S. The zero-order chi connectivity index (χ0) is 12.3. The first-order valence-electron chi connectivity index (χ1n) is 5.67. The number of thiocarbonyl (C=S) groups is 1. The normalized spacial score (nSPS) is 28.2. The van der Waals surface area contributed by atoms with E-state index in [-0.39, 0.29) is 22.9 Å². The number of allylic oxidation sites excluding steroid dienone is 1. The molecule has 0 bridgehead atoms. The maximum atomic E-state index is 12.1. The lowest BCUT2D eigenvalue weighted by molar-refractivity contribution is -0.126. The number of Topliss-reactive ketones (excluding diaryl/α,β-unsaturated/α-hetero) is 1. The number of ketones is 1. The van der Waals surface area contributed by atoms with Crippen LogP contribution in [0.2, 0.25) is 0 Å². The lowest BCUT2D eigenvalue weighted by Gasteiger charge is -2.33. The Bertz CT molecular complexity index is 392. The van der Waals surface area contributed by atoms with Crippen LogP contribution in [0.15, 0.2) is 16.9 Å². The molecule has 6 heteroatoms. The lowest BCUT2D eigenvalue weighted by Crippen LogP contribution is -2.37. The van der Waals surface area contributed by atoms with Crippen molar-refractivity contribution in [2.45, 2.75) is 31.8 Å². The van der Waals surface area contributed by atoms with E-state index in [4.69, 9.17) is 10.5 Å². The number of nitrogens with zero attached hydrogens (tertiary/aromatic N) is 1. The fraction of sp³-hybridized carbons (Fsp3) is 0.545. The average molecular weight is 253 g/mol. The minimum absolute atomic E-state index is 0.0139. The first kappa shape index (κ1) is 12.0. The van der Waals surface area contributed by atoms with Crippen LogP contribution < -0.4 is 11.2 Å². The van der Waals surface area contributed by atoms with Gasteiger partial charge in [0.25, 0.3) is 0 Å². The predicted molar refractivity (Wildman–Crippen MR) is 68.3 cm³/mol. The highest BCUT2D eigenvalue weighted by Crippen LogP contribution is 2.32. The molecule has 0 radical (unpaired) electrons. The van der Waals surface area contributed by atoms with Gasteiger partial charge in [-0.25, -0.2) is 0 Å². The summed E-state index contributed by atoms with van der Waals surface area (Å²) in [5.74, 6) is 0.0921. The molecule has 2 aliphatic rings. The number of hydrazone groups is 1. The monoisotopic (exact) mass is 253 g/mol. The van der Waals surface area contributed by atoms with Crippen molar-refractivity contribution in [2.24, 2.45) is 16.8 Å². The van der Waals surface area contributed by atoms with Gasteiger partial charge in [-0.15, -0.1) is 0 Å². The van der Waals surface area contributed by atoms with E-state index in [1.54, 1.807) is 0 Å². The second kappa shape index (κ2) is 5.27. The largest absolute Gasteiger partial charge is 0.496 e. The van der Waals surface area contributed by atoms with Crippen LogP contribution in [-0.2, 0) is 9.53 Å². The molecule has 1 aliphatic carbocycles. The Morgan fingerprint density at radius 3 is 3.12 bits per heavy atom. The summed E-state index contributed by atoms with van der Waals surface area (Å²) >= 11 is 4.60. The first-order valence-corrected chi connectivity index (χ1v) is 6.07. The van der Waals surface area contributed by atoms with Crippen molar-refractivity contribution in [3.05, 3.63) is 11.8 Å². The molecule has 2 rings (SSSR count). The summed E-state index contributed by atoms with van der Waals surface area (Å²) in [7, 11) is 0. The number of hydrogen-bond donors (Lipinski definition) is 2. The average Bonchev–Trinajstić information content (AvgIpc) is 2.32. The van der Waals surface area contributed by atoms with Gasteiger partial charge in [0.2, 0.25) is 0 Å². The van der Waals surface area contributed by atoms with Crippen molar-refractivity contribution in [3.63, 3.8) is 0 Å². The fourth-order valence-corrected chi connectivity index (χ4v) is 2.30. The van der Waals surface area contributed by atoms with Crippen molar-refractivity contribution in [2.75, 3.05) is 0 Å². The van der Waals surface area contributed by atoms with Gasteiger partial charge in [-0.2, -0.15) is 5.10 Å². The van der Waals surface area contributed by atoms with Crippen molar-refractivity contribution in [1.29, 1.82) is 0 Å². The highest BCUT2D eigenvalue weighted by Gasteiger charge is 2.36. The number of carbonyl (C=O) groups is 1. The van der Waals surface area contributed by atoms with Gasteiger partial charge in [0, 0.05) is 0 Å². The zero-order valence-corrected chi connectivity index (χ0v) is 10.2. The van der Waals surface area contributed by atoms with Crippen molar-refractivity contribution in [1.82, 2.24) is 5.43 Å². The summed E-state index contributed by atoms with van der Waals surface area (Å²) in [5.41, 5.74) is 8.10. The van der Waals surface area contributed by atoms with Gasteiger partial charge in [0.1, 0.15) is 6.10 Å². The van der Waals surface area contributed by atoms with Crippen LogP contribution in [-0.4, -0.2) is 23.2 Å². The van der Waals surface area contributed by atoms with E-state index in [9.17, 15) is 4.79 Å². The highest BCUT2D eigenvalue weighted by atomic mass is 32.1. The number of ether oxygens (including phenoxy) is 1. The van der Waals surface area contributed by atoms with Crippen molar-refractivity contribution in [3.8, 4) is 0 Å². The number of nitrogens with two attached hydrogens (primary N) is 1. The molecule has 3 N–H and O–H groups in total. The molecule has 2 unspecified atom stereocenters. The van der Waals surface area contributed by atoms with Crippen LogP contribution in [0.25, 0.3) is 0 Å². The third-order valence-corrected chi connectivity index (χ3v) is 3.16. The molecule has 0 amide bonds. The molecule has 0 aromatic rings. The van der Waals surface area contributed by atoms with E-state index in [1.807, 2.05) is 0 Å². The molecule has 0 saturated heterocycles. The Morgan fingerprint density at radius 1 is 1.59 bits per heavy atom. The van der Waals surface area contributed by atoms with Gasteiger partial charge in [-0.3, -0.25) is 10.2 Å². The summed E-state index contributed by atoms with van der Waals surface area (Å²) in [6, 6.07) is 0. The van der Waals surface area contributed by atoms with E-state index in [0.29, 0.717) is 5.57 Å². The topological polar surface area (TPSA) is 76.7 Å². The molecule has 0 aromatic carbocycles. The van der Waals surface area contributed by atoms with Crippen LogP contribution in [0, 0.1) is 5.92 Å². The lowest BCUT2D eigenvalue weighted by atomic mass is 9.80. The molecular weight excluding hydrogens is 238 g/mol. The summed E-state index contributed by atoms with van der Waals surface area (Å²) < 4.78 is 5.56. The molecule has 2 atom stereocenters. The van der Waals surface area contributed by atoms with E-state index in [1.165, 1.54) is 12.5 Å². The SMILES string of the molecule is NC(=S)NN=CC1=COC2CCCCC2C1=O. The van der Waals surface area contributed by atoms with Crippen LogP contribution in [0.3, 0.4) is 0 Å². The first-order chi connectivity index (χ1) is 8.18. The maximum Gasteiger partial charge on any atom is 0.184 e. The predicted octanol–water partition coefficient (Wildman–Crippen LogP) is 0.847. The summed E-state index contributed by atoms with van der Waals surface area (Å²) in [4.78, 5) is 12.1. The van der Waals surface area contributed by atoms with Gasteiger partial charge >= 0.3 is 0 Å². The minimum atomic E-state index is -0.0139. The van der Waals surface area contributed by atoms with Crippen molar-refractivity contribution < 1.29 is 9.53 Å². The minimum Gasteiger partial charge on any atom is -0.496 e. The molecule has 92 valence electrons. The molecule has 1 fully saturated rings. The number of hydrogen-bond acceptors (Lipinski definition) is 4. The van der Waals surface area contributed by atoms with Crippen LogP contribution in [0.5, 0.6) is 0 Å². The summed E-state index contributed by atoms with van der Waals surface area (Å²) in [6.07, 6.45) is 7.03. The second-order valence-electron chi connectivity index (χ2n) is 4.24. The molecule has 5 nitrogen and oxygen atoms in total. The van der Waals surface area contributed by atoms with Gasteiger partial charge in [-0.1, -0.05) is 6.42 Å². The number of carbonyl (C=O) groups excluding carboxylic acids is 1. The highest BCUT2D eigenvalue weighted by molar-refractivity contribution is 7.80. The Hall–Kier alpha value is -1.43. The summed E-state index contributed by atoms with van der Waals surface area (Å²) in [5, 5.41) is 3.84. The number of fused-ring (bicyclic) bond motifs is 1. The Morgan fingerprint density at radius 2 is 2.35 bits per heavy atom. The zero-order valence-electron chi connectivity index (χ0n) is 9.39. The van der Waals surface area contributed by atoms with E-state index in [2.05, 4.69) is 22.7 Å². The molecule has 1 heterocycles. The third kappa shape index (κ3) is 2.82. The smallest absolute Gasteiger partial charge is 0.184 e. The van der Waals surface area contributed by atoms with Gasteiger partial charge in [0.05, 0.1) is 24.0 Å². The quantitative estimate of drug-likeness (QED) is 0.433. The Balaban J connectivity index is 2.03.